The summed E-state index contributed by atoms with van der Waals surface area (Å²) in [5.74, 6) is 0.426. The standard InChI is InChI=1S/C30H27N3O4S/c1-19-14-27(30(34)31-26-13-12-20-8-6-7-11-25(20)26)32-33(19)18-23-16-24(38(2,35)36)15-22-17-28(37-29(22)23)21-9-4-3-5-10-21/h3-11,14-17,26H,12-13,18H2,1-2H3,(H,31,34)/t26-/m0/s1. The van der Waals surface area contributed by atoms with Gasteiger partial charge in [0.15, 0.2) is 9.84 Å². The number of carbonyl (C=O) groups is 1. The van der Waals surface area contributed by atoms with Gasteiger partial charge >= 0.3 is 0 Å². The molecule has 0 spiro atoms. The van der Waals surface area contributed by atoms with Gasteiger partial charge < -0.3 is 9.73 Å². The number of rotatable bonds is 6. The van der Waals surface area contributed by atoms with Crippen LogP contribution in [-0.2, 0) is 22.8 Å². The number of furan rings is 1. The van der Waals surface area contributed by atoms with Crippen molar-refractivity contribution in [1.82, 2.24) is 15.1 Å². The number of aromatic nitrogens is 2. The highest BCUT2D eigenvalue weighted by atomic mass is 32.2. The maximum absolute atomic E-state index is 13.1. The normalized spacial score (nSPS) is 15.1. The minimum atomic E-state index is -3.46. The van der Waals surface area contributed by atoms with Crippen LogP contribution in [0.3, 0.4) is 0 Å². The molecule has 0 saturated carbocycles. The quantitative estimate of drug-likeness (QED) is 0.317. The maximum Gasteiger partial charge on any atom is 0.272 e. The number of aryl methyl sites for hydroxylation is 2. The summed E-state index contributed by atoms with van der Waals surface area (Å²) in [6, 6.07) is 24.7. The third kappa shape index (κ3) is 4.52. The molecule has 192 valence electrons. The van der Waals surface area contributed by atoms with Crippen molar-refractivity contribution in [2.75, 3.05) is 6.26 Å². The number of fused-ring (bicyclic) bond motifs is 2. The molecule has 1 aliphatic rings. The van der Waals surface area contributed by atoms with Gasteiger partial charge in [-0.15, -0.1) is 0 Å². The second-order valence-electron chi connectivity index (χ2n) is 9.84. The Bertz CT molecular complexity index is 1790. The van der Waals surface area contributed by atoms with Gasteiger partial charge in [0, 0.05) is 28.5 Å². The number of benzene rings is 3. The van der Waals surface area contributed by atoms with Crippen LogP contribution in [0, 0.1) is 6.92 Å². The zero-order valence-corrected chi connectivity index (χ0v) is 22.0. The van der Waals surface area contributed by atoms with Gasteiger partial charge in [-0.2, -0.15) is 5.10 Å². The zero-order chi connectivity index (χ0) is 26.4. The molecule has 6 rings (SSSR count). The third-order valence-electron chi connectivity index (χ3n) is 7.13. The molecule has 1 amide bonds. The fraction of sp³-hybridized carbons (Fsp3) is 0.200. The van der Waals surface area contributed by atoms with E-state index in [1.807, 2.05) is 55.5 Å². The average molecular weight is 526 g/mol. The summed E-state index contributed by atoms with van der Waals surface area (Å²) in [7, 11) is -3.46. The highest BCUT2D eigenvalue weighted by Gasteiger charge is 2.25. The van der Waals surface area contributed by atoms with Gasteiger partial charge in [0.2, 0.25) is 0 Å². The van der Waals surface area contributed by atoms with Crippen molar-refractivity contribution in [2.24, 2.45) is 0 Å². The van der Waals surface area contributed by atoms with E-state index in [0.29, 0.717) is 28.0 Å². The molecule has 1 aliphatic carbocycles. The lowest BCUT2D eigenvalue weighted by Crippen LogP contribution is -2.27. The summed E-state index contributed by atoms with van der Waals surface area (Å²) in [4.78, 5) is 13.3. The van der Waals surface area contributed by atoms with Crippen molar-refractivity contribution in [3.8, 4) is 11.3 Å². The molecule has 0 bridgehead atoms. The Morgan fingerprint density at radius 1 is 1.05 bits per heavy atom. The summed E-state index contributed by atoms with van der Waals surface area (Å²) in [5, 5.41) is 8.40. The van der Waals surface area contributed by atoms with Gasteiger partial charge in [0.25, 0.3) is 5.91 Å². The van der Waals surface area contributed by atoms with Gasteiger partial charge in [-0.3, -0.25) is 9.48 Å². The van der Waals surface area contributed by atoms with Crippen molar-refractivity contribution in [3.63, 3.8) is 0 Å². The molecule has 3 aromatic carbocycles. The molecule has 38 heavy (non-hydrogen) atoms. The second-order valence-corrected chi connectivity index (χ2v) is 11.9. The molecule has 0 saturated heterocycles. The molecule has 2 heterocycles. The van der Waals surface area contributed by atoms with Crippen molar-refractivity contribution >= 4 is 26.7 Å². The summed E-state index contributed by atoms with van der Waals surface area (Å²) in [5.41, 5.74) is 5.71. The number of hydrogen-bond acceptors (Lipinski definition) is 5. The molecule has 0 unspecified atom stereocenters. The number of nitrogens with zero attached hydrogens (tertiary/aromatic N) is 2. The highest BCUT2D eigenvalue weighted by molar-refractivity contribution is 7.90. The maximum atomic E-state index is 13.1. The fourth-order valence-electron chi connectivity index (χ4n) is 5.15. The summed E-state index contributed by atoms with van der Waals surface area (Å²) in [6.45, 7) is 2.14. The van der Waals surface area contributed by atoms with Crippen molar-refractivity contribution in [1.29, 1.82) is 0 Å². The van der Waals surface area contributed by atoms with Crippen LogP contribution in [-0.4, -0.2) is 30.4 Å². The monoisotopic (exact) mass is 525 g/mol. The average Bonchev–Trinajstić information content (AvgIpc) is 3.61. The minimum absolute atomic E-state index is 0.0326. The number of carbonyl (C=O) groups excluding carboxylic acids is 1. The highest BCUT2D eigenvalue weighted by Crippen LogP contribution is 2.33. The van der Waals surface area contributed by atoms with Crippen LogP contribution < -0.4 is 5.32 Å². The van der Waals surface area contributed by atoms with E-state index >= 15 is 0 Å². The zero-order valence-electron chi connectivity index (χ0n) is 21.1. The molecule has 1 N–H and O–H groups in total. The van der Waals surface area contributed by atoms with Crippen LogP contribution in [0.2, 0.25) is 0 Å². The Hall–Kier alpha value is -4.17. The van der Waals surface area contributed by atoms with Crippen LogP contribution in [0.1, 0.15) is 45.3 Å². The molecular weight excluding hydrogens is 498 g/mol. The van der Waals surface area contributed by atoms with Crippen molar-refractivity contribution in [2.45, 2.75) is 37.2 Å². The van der Waals surface area contributed by atoms with E-state index in [9.17, 15) is 13.2 Å². The van der Waals surface area contributed by atoms with Crippen molar-refractivity contribution < 1.29 is 17.6 Å². The van der Waals surface area contributed by atoms with E-state index in [2.05, 4.69) is 22.5 Å². The van der Waals surface area contributed by atoms with E-state index in [4.69, 9.17) is 4.42 Å². The Labute approximate surface area is 221 Å². The third-order valence-corrected chi connectivity index (χ3v) is 8.22. The van der Waals surface area contributed by atoms with E-state index in [0.717, 1.165) is 29.7 Å². The van der Waals surface area contributed by atoms with Gasteiger partial charge in [-0.1, -0.05) is 54.6 Å². The first kappa shape index (κ1) is 24.2. The topological polar surface area (TPSA) is 94.2 Å². The number of sulfone groups is 1. The number of nitrogens with one attached hydrogen (secondary N) is 1. The fourth-order valence-corrected chi connectivity index (χ4v) is 5.85. The number of hydrogen-bond donors (Lipinski definition) is 1. The molecule has 0 aliphatic heterocycles. The largest absolute Gasteiger partial charge is 0.456 e. The lowest BCUT2D eigenvalue weighted by atomic mass is 10.1. The first-order valence-corrected chi connectivity index (χ1v) is 14.4. The molecule has 8 heteroatoms. The van der Waals surface area contributed by atoms with Gasteiger partial charge in [0.1, 0.15) is 17.0 Å². The first-order chi connectivity index (χ1) is 18.3. The summed E-state index contributed by atoms with van der Waals surface area (Å²) in [6.07, 6.45) is 3.00. The Balaban J connectivity index is 1.32. The molecule has 1 atom stereocenters. The van der Waals surface area contributed by atoms with E-state index in [1.54, 1.807) is 22.9 Å². The van der Waals surface area contributed by atoms with Gasteiger partial charge in [-0.25, -0.2) is 8.42 Å². The second kappa shape index (κ2) is 9.29. The molecule has 0 radical (unpaired) electrons. The first-order valence-electron chi connectivity index (χ1n) is 12.5. The smallest absolute Gasteiger partial charge is 0.272 e. The SMILES string of the molecule is Cc1cc(C(=O)N[C@H]2CCc3ccccc32)nn1Cc1cc(S(C)(=O)=O)cc2cc(-c3ccccc3)oc12. The molecule has 0 fully saturated rings. The minimum Gasteiger partial charge on any atom is -0.456 e. The summed E-state index contributed by atoms with van der Waals surface area (Å²) < 4.78 is 32.9. The molecule has 7 nitrogen and oxygen atoms in total. The van der Waals surface area contributed by atoms with Gasteiger partial charge in [0.05, 0.1) is 17.5 Å². The van der Waals surface area contributed by atoms with E-state index in [1.165, 1.54) is 11.8 Å². The van der Waals surface area contributed by atoms with Crippen LogP contribution in [0.5, 0.6) is 0 Å². The van der Waals surface area contributed by atoms with E-state index in [-0.39, 0.29) is 23.4 Å². The predicted molar refractivity (Wildman–Crippen MR) is 146 cm³/mol. The molecular formula is C30H27N3O4S. The summed E-state index contributed by atoms with van der Waals surface area (Å²) >= 11 is 0. The Morgan fingerprint density at radius 3 is 2.61 bits per heavy atom. The van der Waals surface area contributed by atoms with Crippen LogP contribution in [0.15, 0.2) is 88.2 Å². The Morgan fingerprint density at radius 2 is 1.82 bits per heavy atom. The van der Waals surface area contributed by atoms with Crippen LogP contribution >= 0.6 is 0 Å². The Kier molecular flexibility index (Phi) is 5.91. The van der Waals surface area contributed by atoms with Crippen LogP contribution in [0.4, 0.5) is 0 Å². The number of amides is 1. The lowest BCUT2D eigenvalue weighted by Gasteiger charge is -2.13. The molecule has 2 aromatic heterocycles. The molecule has 5 aromatic rings. The van der Waals surface area contributed by atoms with E-state index < -0.39 is 9.84 Å². The lowest BCUT2D eigenvalue weighted by molar-refractivity contribution is 0.0931. The van der Waals surface area contributed by atoms with Gasteiger partial charge in [-0.05, 0) is 55.2 Å². The predicted octanol–water partition coefficient (Wildman–Crippen LogP) is 5.47. The van der Waals surface area contributed by atoms with Crippen molar-refractivity contribution in [3.05, 3.63) is 107 Å². The van der Waals surface area contributed by atoms with Crippen LogP contribution in [0.25, 0.3) is 22.3 Å².